The van der Waals surface area contributed by atoms with Gasteiger partial charge < -0.3 is 15.3 Å². The Bertz CT molecular complexity index is 202. The molecule has 2 rings (SSSR count). The van der Waals surface area contributed by atoms with Crippen molar-refractivity contribution in [1.29, 1.82) is 0 Å². The van der Waals surface area contributed by atoms with E-state index in [2.05, 4.69) is 5.32 Å². The number of hydrogen-bond acceptors (Lipinski definition) is 4. The van der Waals surface area contributed by atoms with E-state index >= 15 is 0 Å². The number of nitrogens with one attached hydrogen (secondary N) is 1. The molecule has 0 aromatic carbocycles. The van der Waals surface area contributed by atoms with Crippen molar-refractivity contribution < 1.29 is 5.11 Å². The zero-order valence-corrected chi connectivity index (χ0v) is 6.14. The van der Waals surface area contributed by atoms with E-state index < -0.39 is 0 Å². The maximum Gasteiger partial charge on any atom is 0.155 e. The summed E-state index contributed by atoms with van der Waals surface area (Å²) in [5.74, 6) is 0. The van der Waals surface area contributed by atoms with Crippen molar-refractivity contribution in [3.05, 3.63) is 23.5 Å². The van der Waals surface area contributed by atoms with Crippen LogP contribution in [0.25, 0.3) is 0 Å². The largest absolute Gasteiger partial charge is 0.391 e. The molecule has 0 saturated carbocycles. The predicted octanol–water partition coefficient (Wildman–Crippen LogP) is 0.227. The monoisotopic (exact) mass is 156 g/mol. The molecule has 1 atom stereocenters. The van der Waals surface area contributed by atoms with Crippen LogP contribution in [-0.4, -0.2) is 22.1 Å². The first-order valence-corrected chi connectivity index (χ1v) is 3.96. The van der Waals surface area contributed by atoms with Crippen LogP contribution in [0.5, 0.6) is 0 Å². The fourth-order valence-corrected chi connectivity index (χ4v) is 1.94. The van der Waals surface area contributed by atoms with Crippen LogP contribution < -0.4 is 5.32 Å². The molecule has 0 amide bonds. The minimum absolute atomic E-state index is 0.146. The fourth-order valence-electron chi connectivity index (χ4n) is 0.999. The summed E-state index contributed by atoms with van der Waals surface area (Å²) in [4.78, 5) is 3.05. The summed E-state index contributed by atoms with van der Waals surface area (Å²) >= 11 is 1.64. The quantitative estimate of drug-likeness (QED) is 0.569. The highest BCUT2D eigenvalue weighted by Gasteiger charge is 2.24. The second kappa shape index (κ2) is 2.21. The van der Waals surface area contributed by atoms with Gasteiger partial charge in [-0.2, -0.15) is 0 Å². The van der Waals surface area contributed by atoms with Crippen LogP contribution >= 0.6 is 11.8 Å². The Morgan fingerprint density at radius 2 is 2.70 bits per heavy atom. The van der Waals surface area contributed by atoms with Gasteiger partial charge in [-0.3, -0.25) is 0 Å². The molecule has 0 aromatic rings. The van der Waals surface area contributed by atoms with Crippen LogP contribution in [0.3, 0.4) is 0 Å². The maximum atomic E-state index is 8.75. The molecule has 0 fully saturated rings. The van der Waals surface area contributed by atoms with Gasteiger partial charge in [-0.1, -0.05) is 11.8 Å². The van der Waals surface area contributed by atoms with Gasteiger partial charge in [0, 0.05) is 23.5 Å². The lowest BCUT2D eigenvalue weighted by Crippen LogP contribution is -2.24. The first-order chi connectivity index (χ1) is 4.90. The topological polar surface area (TPSA) is 35.5 Å². The molecule has 0 saturated heterocycles. The zero-order chi connectivity index (χ0) is 6.97. The summed E-state index contributed by atoms with van der Waals surface area (Å²) < 4.78 is 0. The number of hydrogen-bond donors (Lipinski definition) is 2. The summed E-state index contributed by atoms with van der Waals surface area (Å²) in [7, 11) is 0. The molecule has 0 bridgehead atoms. The third kappa shape index (κ3) is 0.803. The smallest absolute Gasteiger partial charge is 0.155 e. The van der Waals surface area contributed by atoms with E-state index in [9.17, 15) is 0 Å². The van der Waals surface area contributed by atoms with E-state index in [0.29, 0.717) is 5.50 Å². The third-order valence-corrected chi connectivity index (χ3v) is 2.61. The molecule has 2 aliphatic rings. The molecule has 0 aliphatic carbocycles. The Hall–Kier alpha value is -0.610. The molecule has 1 unspecified atom stereocenters. The SMILES string of the molecule is OCC1=CN2C=CNC2S1. The fraction of sp³-hybridized carbons (Fsp3) is 0.333. The molecular formula is C6H8N2OS. The summed E-state index contributed by atoms with van der Waals surface area (Å²) in [5.41, 5.74) is 0.294. The van der Waals surface area contributed by atoms with Gasteiger partial charge in [0.05, 0.1) is 6.61 Å². The first-order valence-electron chi connectivity index (χ1n) is 3.08. The number of aliphatic hydroxyl groups is 1. The van der Waals surface area contributed by atoms with Crippen molar-refractivity contribution >= 4 is 11.8 Å². The number of nitrogens with zero attached hydrogens (tertiary/aromatic N) is 1. The van der Waals surface area contributed by atoms with E-state index in [0.717, 1.165) is 4.91 Å². The highest BCUT2D eigenvalue weighted by atomic mass is 32.2. The highest BCUT2D eigenvalue weighted by molar-refractivity contribution is 8.03. The van der Waals surface area contributed by atoms with Crippen molar-refractivity contribution in [1.82, 2.24) is 10.2 Å². The molecule has 0 spiro atoms. The molecular weight excluding hydrogens is 148 g/mol. The molecule has 2 heterocycles. The Morgan fingerprint density at radius 1 is 1.80 bits per heavy atom. The highest BCUT2D eigenvalue weighted by Crippen LogP contribution is 2.32. The lowest BCUT2D eigenvalue weighted by molar-refractivity contribution is 0.338. The normalized spacial score (nSPS) is 28.3. The molecule has 2 aliphatic heterocycles. The molecule has 54 valence electrons. The first kappa shape index (κ1) is 6.12. The summed E-state index contributed by atoms with van der Waals surface area (Å²) in [6.45, 7) is 0.146. The van der Waals surface area contributed by atoms with Crippen molar-refractivity contribution in [3.8, 4) is 0 Å². The molecule has 3 nitrogen and oxygen atoms in total. The lowest BCUT2D eigenvalue weighted by atomic mass is 10.6. The zero-order valence-electron chi connectivity index (χ0n) is 5.32. The standard InChI is InChI=1S/C6H8N2OS/c9-4-5-3-8-2-1-7-6(8)10-5/h1-3,6-7,9H,4H2. The van der Waals surface area contributed by atoms with Gasteiger partial charge in [0.1, 0.15) is 0 Å². The molecule has 0 radical (unpaired) electrons. The van der Waals surface area contributed by atoms with E-state index in [4.69, 9.17) is 5.11 Å². The van der Waals surface area contributed by atoms with Gasteiger partial charge in [0.25, 0.3) is 0 Å². The van der Waals surface area contributed by atoms with Crippen LogP contribution in [-0.2, 0) is 0 Å². The van der Waals surface area contributed by atoms with Gasteiger partial charge >= 0.3 is 0 Å². The maximum absolute atomic E-state index is 8.75. The number of fused-ring (bicyclic) bond motifs is 1. The van der Waals surface area contributed by atoms with Crippen LogP contribution in [0.2, 0.25) is 0 Å². The Balaban J connectivity index is 2.12. The van der Waals surface area contributed by atoms with E-state index in [1.807, 2.05) is 23.5 Å². The number of aliphatic hydroxyl groups excluding tert-OH is 1. The predicted molar refractivity (Wildman–Crippen MR) is 40.7 cm³/mol. The molecule has 10 heavy (non-hydrogen) atoms. The van der Waals surface area contributed by atoms with Gasteiger partial charge in [-0.05, 0) is 0 Å². The van der Waals surface area contributed by atoms with E-state index in [1.165, 1.54) is 0 Å². The molecule has 4 heteroatoms. The van der Waals surface area contributed by atoms with Gasteiger partial charge in [-0.25, -0.2) is 0 Å². The van der Waals surface area contributed by atoms with Gasteiger partial charge in [0.15, 0.2) is 5.50 Å². The third-order valence-electron chi connectivity index (χ3n) is 1.47. The second-order valence-electron chi connectivity index (χ2n) is 2.15. The van der Waals surface area contributed by atoms with Crippen molar-refractivity contribution in [2.45, 2.75) is 5.50 Å². The van der Waals surface area contributed by atoms with Crippen molar-refractivity contribution in [2.75, 3.05) is 6.61 Å². The number of thioether (sulfide) groups is 1. The minimum Gasteiger partial charge on any atom is -0.391 e. The summed E-state index contributed by atoms with van der Waals surface area (Å²) in [5, 5.41) is 11.9. The molecule has 2 N–H and O–H groups in total. The van der Waals surface area contributed by atoms with Crippen LogP contribution in [0.4, 0.5) is 0 Å². The van der Waals surface area contributed by atoms with Crippen LogP contribution in [0, 0.1) is 0 Å². The van der Waals surface area contributed by atoms with Gasteiger partial charge in [0.2, 0.25) is 0 Å². The Kier molecular flexibility index (Phi) is 1.35. The van der Waals surface area contributed by atoms with Crippen molar-refractivity contribution in [2.24, 2.45) is 0 Å². The molecule has 0 aromatic heterocycles. The van der Waals surface area contributed by atoms with E-state index in [1.54, 1.807) is 11.8 Å². The van der Waals surface area contributed by atoms with E-state index in [-0.39, 0.29) is 6.61 Å². The second-order valence-corrected chi connectivity index (χ2v) is 3.36. The minimum atomic E-state index is 0.146. The summed E-state index contributed by atoms with van der Waals surface area (Å²) in [6.07, 6.45) is 5.81. The van der Waals surface area contributed by atoms with Crippen molar-refractivity contribution in [3.63, 3.8) is 0 Å². The van der Waals surface area contributed by atoms with Crippen LogP contribution in [0.1, 0.15) is 0 Å². The van der Waals surface area contributed by atoms with Crippen LogP contribution in [0.15, 0.2) is 23.5 Å². The summed E-state index contributed by atoms with van der Waals surface area (Å²) in [6, 6.07) is 0. The Morgan fingerprint density at radius 3 is 3.40 bits per heavy atom. The number of rotatable bonds is 1. The Labute approximate surface area is 63.4 Å². The lowest BCUT2D eigenvalue weighted by Gasteiger charge is -2.12. The average Bonchev–Trinajstić information content (AvgIpc) is 2.42. The van der Waals surface area contributed by atoms with Gasteiger partial charge in [-0.15, -0.1) is 0 Å². The average molecular weight is 156 g/mol.